The smallest absolute Gasteiger partial charge is 0.180 e. The molecule has 0 saturated carbocycles. The second kappa shape index (κ2) is 5.68. The van der Waals surface area contributed by atoms with E-state index in [1.165, 1.54) is 0 Å². The number of hydrogen-bond donors (Lipinski definition) is 1. The van der Waals surface area contributed by atoms with Crippen LogP contribution in [0.3, 0.4) is 0 Å². The van der Waals surface area contributed by atoms with Crippen molar-refractivity contribution in [2.45, 2.75) is 20.3 Å². The number of anilines is 2. The van der Waals surface area contributed by atoms with E-state index in [1.54, 1.807) is 10.9 Å². The van der Waals surface area contributed by atoms with Crippen LogP contribution in [0.5, 0.6) is 0 Å². The lowest BCUT2D eigenvalue weighted by atomic mass is 10.1. The van der Waals surface area contributed by atoms with Crippen LogP contribution in [0, 0.1) is 10.5 Å². The summed E-state index contributed by atoms with van der Waals surface area (Å²) < 4.78 is 2.79. The van der Waals surface area contributed by atoms with Crippen molar-refractivity contribution >= 4 is 39.9 Å². The van der Waals surface area contributed by atoms with Gasteiger partial charge in [0.1, 0.15) is 5.69 Å². The number of rotatable bonds is 4. The lowest BCUT2D eigenvalue weighted by Gasteiger charge is -2.08. The highest BCUT2D eigenvalue weighted by Gasteiger charge is 2.10. The molecule has 0 spiro atoms. The number of aromatic nitrogens is 3. The van der Waals surface area contributed by atoms with Gasteiger partial charge in [0.15, 0.2) is 11.6 Å². The Morgan fingerprint density at radius 1 is 1.53 bits per heavy atom. The van der Waals surface area contributed by atoms with Crippen molar-refractivity contribution in [2.75, 3.05) is 5.32 Å². The number of nitrogens with zero attached hydrogens (tertiary/aromatic N) is 3. The molecule has 1 N–H and O–H groups in total. The average molecular weight is 370 g/mol. The summed E-state index contributed by atoms with van der Waals surface area (Å²) in [7, 11) is 1.88. The number of nitrogens with one attached hydrogen (secondary N) is 1. The Kier molecular flexibility index (Phi) is 4.18. The van der Waals surface area contributed by atoms with Crippen molar-refractivity contribution in [3.63, 3.8) is 0 Å². The zero-order valence-electron chi connectivity index (χ0n) is 11.1. The molecule has 2 aromatic heterocycles. The van der Waals surface area contributed by atoms with E-state index in [9.17, 15) is 4.79 Å². The molecule has 2 rings (SSSR count). The minimum absolute atomic E-state index is 0.0575. The van der Waals surface area contributed by atoms with Crippen molar-refractivity contribution in [3.8, 4) is 0 Å². The van der Waals surface area contributed by atoms with Gasteiger partial charge in [-0.1, -0.05) is 6.92 Å². The van der Waals surface area contributed by atoms with Gasteiger partial charge in [-0.15, -0.1) is 0 Å². The Hall–Kier alpha value is -1.44. The van der Waals surface area contributed by atoms with E-state index in [2.05, 4.69) is 38.0 Å². The Morgan fingerprint density at radius 3 is 2.79 bits per heavy atom. The summed E-state index contributed by atoms with van der Waals surface area (Å²) in [5.74, 6) is 0.852. The molecule has 19 heavy (non-hydrogen) atoms. The molecular weight excluding hydrogens is 355 g/mol. The largest absolute Gasteiger partial charge is 0.336 e. The predicted molar refractivity (Wildman–Crippen MR) is 82.8 cm³/mol. The molecule has 0 aliphatic heterocycles. The molecule has 0 aromatic carbocycles. The van der Waals surface area contributed by atoms with Gasteiger partial charge in [-0.2, -0.15) is 5.10 Å². The zero-order chi connectivity index (χ0) is 14.0. The van der Waals surface area contributed by atoms with Crippen molar-refractivity contribution in [3.05, 3.63) is 33.3 Å². The van der Waals surface area contributed by atoms with Gasteiger partial charge in [-0.05, 0) is 41.1 Å². The minimum Gasteiger partial charge on any atom is -0.336 e. The van der Waals surface area contributed by atoms with Gasteiger partial charge >= 0.3 is 0 Å². The quantitative estimate of drug-likeness (QED) is 0.664. The van der Waals surface area contributed by atoms with Crippen LogP contribution in [0.15, 0.2) is 18.5 Å². The maximum Gasteiger partial charge on any atom is 0.180 e. The van der Waals surface area contributed by atoms with Crippen LogP contribution in [0.25, 0.3) is 0 Å². The third kappa shape index (κ3) is 3.12. The molecular formula is C13H15IN4O. The van der Waals surface area contributed by atoms with Crippen LogP contribution in [0.1, 0.15) is 29.4 Å². The Balaban J connectivity index is 2.27. The van der Waals surface area contributed by atoms with E-state index >= 15 is 0 Å². The number of Topliss-reactive ketones (excluding diaryl/α,β-unsaturated/α-hetero) is 1. The van der Waals surface area contributed by atoms with E-state index < -0.39 is 0 Å². The highest BCUT2D eigenvalue weighted by atomic mass is 127. The van der Waals surface area contributed by atoms with Crippen LogP contribution < -0.4 is 5.32 Å². The van der Waals surface area contributed by atoms with E-state index in [0.717, 1.165) is 20.6 Å². The molecule has 0 bridgehead atoms. The molecule has 2 aromatic rings. The van der Waals surface area contributed by atoms with Gasteiger partial charge in [0.2, 0.25) is 0 Å². The molecule has 2 heterocycles. The van der Waals surface area contributed by atoms with Crippen LogP contribution in [-0.4, -0.2) is 20.5 Å². The summed E-state index contributed by atoms with van der Waals surface area (Å²) in [4.78, 5) is 15.8. The fourth-order valence-electron chi connectivity index (χ4n) is 1.69. The monoisotopic (exact) mass is 370 g/mol. The first kappa shape index (κ1) is 14.0. The lowest BCUT2D eigenvalue weighted by molar-refractivity contribution is 0.0983. The summed E-state index contributed by atoms with van der Waals surface area (Å²) in [6.07, 6.45) is 4.08. The Morgan fingerprint density at radius 2 is 2.26 bits per heavy atom. The van der Waals surface area contributed by atoms with Crippen molar-refractivity contribution in [1.29, 1.82) is 0 Å². The molecule has 0 atom stereocenters. The van der Waals surface area contributed by atoms with E-state index in [-0.39, 0.29) is 5.78 Å². The summed E-state index contributed by atoms with van der Waals surface area (Å²) in [6.45, 7) is 3.79. The zero-order valence-corrected chi connectivity index (χ0v) is 13.2. The third-order valence-electron chi connectivity index (χ3n) is 2.75. The molecule has 0 fully saturated rings. The second-order valence-electron chi connectivity index (χ2n) is 4.29. The van der Waals surface area contributed by atoms with Gasteiger partial charge in [-0.3, -0.25) is 14.5 Å². The number of halogens is 1. The number of ketones is 1. The number of pyridine rings is 1. The maximum absolute atomic E-state index is 11.6. The van der Waals surface area contributed by atoms with Crippen molar-refractivity contribution in [1.82, 2.24) is 14.8 Å². The van der Waals surface area contributed by atoms with Crippen LogP contribution in [0.4, 0.5) is 11.5 Å². The van der Waals surface area contributed by atoms with Gasteiger partial charge in [0, 0.05) is 19.7 Å². The topological polar surface area (TPSA) is 59.8 Å². The molecule has 0 unspecified atom stereocenters. The number of aryl methyl sites for hydroxylation is 2. The second-order valence-corrected chi connectivity index (χ2v) is 5.45. The highest BCUT2D eigenvalue weighted by Crippen LogP contribution is 2.23. The molecule has 0 amide bonds. The molecule has 0 aliphatic carbocycles. The fraction of sp³-hybridized carbons (Fsp3) is 0.308. The minimum atomic E-state index is 0.0575. The Labute approximate surface area is 125 Å². The molecule has 0 radical (unpaired) electrons. The standard InChI is InChI=1S/C13H15IN4O/c1-4-12(19)10-5-8(2)11(6-15-10)16-13-9(14)7-18(3)17-13/h5-7H,4H2,1-3H3,(H,16,17). The number of carbonyl (C=O) groups is 1. The van der Waals surface area contributed by atoms with Crippen molar-refractivity contribution < 1.29 is 4.79 Å². The van der Waals surface area contributed by atoms with E-state index in [1.807, 2.05) is 33.2 Å². The first-order chi connectivity index (χ1) is 9.01. The maximum atomic E-state index is 11.6. The van der Waals surface area contributed by atoms with Crippen LogP contribution >= 0.6 is 22.6 Å². The van der Waals surface area contributed by atoms with Gasteiger partial charge in [-0.25, -0.2) is 0 Å². The molecule has 6 heteroatoms. The lowest BCUT2D eigenvalue weighted by Crippen LogP contribution is -2.03. The van der Waals surface area contributed by atoms with Gasteiger partial charge in [0.25, 0.3) is 0 Å². The molecule has 0 aliphatic rings. The first-order valence-corrected chi connectivity index (χ1v) is 7.05. The SMILES string of the molecule is CCC(=O)c1cc(C)c(Nc2nn(C)cc2I)cn1. The molecule has 5 nitrogen and oxygen atoms in total. The average Bonchev–Trinajstić information content (AvgIpc) is 2.69. The molecule has 0 saturated heterocycles. The van der Waals surface area contributed by atoms with Crippen LogP contribution in [-0.2, 0) is 7.05 Å². The summed E-state index contributed by atoms with van der Waals surface area (Å²) in [5.41, 5.74) is 2.36. The summed E-state index contributed by atoms with van der Waals surface area (Å²) >= 11 is 2.22. The van der Waals surface area contributed by atoms with Gasteiger partial charge < -0.3 is 5.32 Å². The van der Waals surface area contributed by atoms with Gasteiger partial charge in [0.05, 0.1) is 15.5 Å². The summed E-state index contributed by atoms with van der Waals surface area (Å²) in [6, 6.07) is 1.81. The fourth-order valence-corrected chi connectivity index (χ4v) is 2.34. The van der Waals surface area contributed by atoms with Crippen LogP contribution in [0.2, 0.25) is 0 Å². The number of hydrogen-bond acceptors (Lipinski definition) is 4. The Bertz CT molecular complexity index is 621. The third-order valence-corrected chi connectivity index (χ3v) is 3.54. The predicted octanol–water partition coefficient (Wildman–Crippen LogP) is 3.06. The summed E-state index contributed by atoms with van der Waals surface area (Å²) in [5, 5.41) is 7.56. The van der Waals surface area contributed by atoms with E-state index in [0.29, 0.717) is 12.1 Å². The normalized spacial score (nSPS) is 10.5. The first-order valence-electron chi connectivity index (χ1n) is 5.97. The van der Waals surface area contributed by atoms with Crippen molar-refractivity contribution in [2.24, 2.45) is 7.05 Å². The number of carbonyl (C=O) groups excluding carboxylic acids is 1. The highest BCUT2D eigenvalue weighted by molar-refractivity contribution is 14.1. The molecule has 100 valence electrons. The van der Waals surface area contributed by atoms with E-state index in [4.69, 9.17) is 0 Å².